The summed E-state index contributed by atoms with van der Waals surface area (Å²) < 4.78 is 5.51. The smallest absolute Gasteiger partial charge is 0.161 e. The second kappa shape index (κ2) is 12.2. The maximum Gasteiger partial charge on any atom is 0.161 e. The van der Waals surface area contributed by atoms with Crippen molar-refractivity contribution in [1.82, 2.24) is 0 Å². The molecule has 3 nitrogen and oxygen atoms in total. The molecular weight excluding hydrogens is 276 g/mol. The van der Waals surface area contributed by atoms with Gasteiger partial charge in [-0.3, -0.25) is 0 Å². The molecule has 0 heterocycles. The zero-order chi connectivity index (χ0) is 16.0. The molecule has 126 valence electrons. The van der Waals surface area contributed by atoms with E-state index in [9.17, 15) is 10.2 Å². The van der Waals surface area contributed by atoms with Crippen LogP contribution in [0.5, 0.6) is 17.2 Å². The fraction of sp³-hybridized carbons (Fsp3) is 0.684. The van der Waals surface area contributed by atoms with Crippen LogP contribution in [-0.2, 0) is 0 Å². The van der Waals surface area contributed by atoms with Gasteiger partial charge in [0.25, 0.3) is 0 Å². The van der Waals surface area contributed by atoms with Crippen molar-refractivity contribution in [1.29, 1.82) is 0 Å². The third kappa shape index (κ3) is 8.81. The van der Waals surface area contributed by atoms with E-state index in [-0.39, 0.29) is 11.5 Å². The quantitative estimate of drug-likeness (QED) is 0.454. The SMILES string of the molecule is CCCCCCCCCCCCCOc1ccc(O)cc1O. The van der Waals surface area contributed by atoms with Crippen molar-refractivity contribution in [3.05, 3.63) is 18.2 Å². The monoisotopic (exact) mass is 308 g/mol. The molecule has 22 heavy (non-hydrogen) atoms. The molecule has 0 atom stereocenters. The number of hydrogen-bond acceptors (Lipinski definition) is 3. The lowest BCUT2D eigenvalue weighted by Gasteiger charge is -2.08. The van der Waals surface area contributed by atoms with Crippen LogP contribution in [0.15, 0.2) is 18.2 Å². The highest BCUT2D eigenvalue weighted by molar-refractivity contribution is 5.43. The summed E-state index contributed by atoms with van der Waals surface area (Å²) in [6, 6.07) is 4.43. The van der Waals surface area contributed by atoms with Crippen molar-refractivity contribution in [3.63, 3.8) is 0 Å². The van der Waals surface area contributed by atoms with Crippen LogP contribution in [0.25, 0.3) is 0 Å². The number of benzene rings is 1. The Bertz CT molecular complexity index is 390. The van der Waals surface area contributed by atoms with Crippen LogP contribution in [0.1, 0.15) is 77.6 Å². The number of aromatic hydroxyl groups is 2. The number of phenols is 2. The van der Waals surface area contributed by atoms with Gasteiger partial charge in [0.1, 0.15) is 5.75 Å². The van der Waals surface area contributed by atoms with Gasteiger partial charge in [-0.25, -0.2) is 0 Å². The van der Waals surface area contributed by atoms with Crippen molar-refractivity contribution in [2.75, 3.05) is 6.61 Å². The van der Waals surface area contributed by atoms with Crippen LogP contribution in [0.4, 0.5) is 0 Å². The van der Waals surface area contributed by atoms with Gasteiger partial charge in [0.05, 0.1) is 6.61 Å². The van der Waals surface area contributed by atoms with Gasteiger partial charge < -0.3 is 14.9 Å². The van der Waals surface area contributed by atoms with E-state index < -0.39 is 0 Å². The zero-order valence-corrected chi connectivity index (χ0v) is 14.0. The molecule has 0 unspecified atom stereocenters. The normalized spacial score (nSPS) is 10.8. The first-order valence-corrected chi connectivity index (χ1v) is 8.89. The maximum atomic E-state index is 9.58. The second-order valence-electron chi connectivity index (χ2n) is 6.04. The summed E-state index contributed by atoms with van der Waals surface area (Å²) in [7, 11) is 0. The minimum absolute atomic E-state index is 0.00285. The number of phenolic OH excluding ortho intramolecular Hbond substituents is 2. The van der Waals surface area contributed by atoms with Gasteiger partial charge in [0.2, 0.25) is 0 Å². The van der Waals surface area contributed by atoms with Crippen molar-refractivity contribution in [3.8, 4) is 17.2 Å². The van der Waals surface area contributed by atoms with E-state index in [1.165, 1.54) is 76.3 Å². The van der Waals surface area contributed by atoms with Gasteiger partial charge in [-0.2, -0.15) is 0 Å². The number of ether oxygens (including phenoxy) is 1. The molecule has 0 fully saturated rings. The minimum Gasteiger partial charge on any atom is -0.508 e. The molecule has 0 aliphatic carbocycles. The van der Waals surface area contributed by atoms with E-state index in [1.54, 1.807) is 6.07 Å². The van der Waals surface area contributed by atoms with Gasteiger partial charge >= 0.3 is 0 Å². The van der Waals surface area contributed by atoms with E-state index in [0.29, 0.717) is 12.4 Å². The number of rotatable bonds is 13. The molecule has 0 saturated carbocycles. The molecule has 0 radical (unpaired) electrons. The largest absolute Gasteiger partial charge is 0.508 e. The first kappa shape index (κ1) is 18.7. The van der Waals surface area contributed by atoms with Crippen LogP contribution in [0.2, 0.25) is 0 Å². The van der Waals surface area contributed by atoms with Gasteiger partial charge in [0.15, 0.2) is 11.5 Å². The Morgan fingerprint density at radius 3 is 1.86 bits per heavy atom. The lowest BCUT2D eigenvalue weighted by molar-refractivity contribution is 0.288. The van der Waals surface area contributed by atoms with Crippen LogP contribution >= 0.6 is 0 Å². The Hall–Kier alpha value is -1.38. The Labute approximate surface area is 135 Å². The van der Waals surface area contributed by atoms with E-state index in [4.69, 9.17) is 4.74 Å². The summed E-state index contributed by atoms with van der Waals surface area (Å²) in [5, 5.41) is 18.8. The fourth-order valence-electron chi connectivity index (χ4n) is 2.58. The van der Waals surface area contributed by atoms with Crippen molar-refractivity contribution >= 4 is 0 Å². The van der Waals surface area contributed by atoms with Crippen LogP contribution < -0.4 is 4.74 Å². The van der Waals surface area contributed by atoms with Gasteiger partial charge in [-0.1, -0.05) is 71.1 Å². The van der Waals surface area contributed by atoms with Gasteiger partial charge in [0, 0.05) is 6.07 Å². The standard InChI is InChI=1S/C19H32O3/c1-2-3-4-5-6-7-8-9-10-11-12-15-22-19-14-13-17(20)16-18(19)21/h13-14,16,20-21H,2-12,15H2,1H3. The van der Waals surface area contributed by atoms with Gasteiger partial charge in [-0.15, -0.1) is 0 Å². The van der Waals surface area contributed by atoms with E-state index in [1.807, 2.05) is 0 Å². The van der Waals surface area contributed by atoms with Crippen LogP contribution in [0.3, 0.4) is 0 Å². The molecule has 0 bridgehead atoms. The van der Waals surface area contributed by atoms with Crippen molar-refractivity contribution in [2.45, 2.75) is 77.6 Å². The van der Waals surface area contributed by atoms with Gasteiger partial charge in [-0.05, 0) is 18.6 Å². The van der Waals surface area contributed by atoms with Crippen LogP contribution in [0, 0.1) is 0 Å². The summed E-state index contributed by atoms with van der Waals surface area (Å²) >= 11 is 0. The summed E-state index contributed by atoms with van der Waals surface area (Å²) in [5.74, 6) is 0.507. The predicted octanol–water partition coefficient (Wildman–Crippen LogP) is 5.79. The predicted molar refractivity (Wildman–Crippen MR) is 91.7 cm³/mol. The van der Waals surface area contributed by atoms with E-state index in [2.05, 4.69) is 6.92 Å². The van der Waals surface area contributed by atoms with Crippen molar-refractivity contribution < 1.29 is 14.9 Å². The van der Waals surface area contributed by atoms with Crippen molar-refractivity contribution in [2.24, 2.45) is 0 Å². The van der Waals surface area contributed by atoms with E-state index >= 15 is 0 Å². The molecule has 0 aliphatic heterocycles. The van der Waals surface area contributed by atoms with E-state index in [0.717, 1.165) is 6.42 Å². The highest BCUT2D eigenvalue weighted by Crippen LogP contribution is 2.29. The third-order valence-electron chi connectivity index (χ3n) is 3.95. The second-order valence-corrected chi connectivity index (χ2v) is 6.04. The molecule has 0 spiro atoms. The lowest BCUT2D eigenvalue weighted by atomic mass is 10.1. The Kier molecular flexibility index (Phi) is 10.3. The number of hydrogen-bond donors (Lipinski definition) is 2. The molecule has 3 heteroatoms. The third-order valence-corrected chi connectivity index (χ3v) is 3.95. The molecule has 1 aromatic rings. The molecule has 0 aromatic heterocycles. The summed E-state index contributed by atoms with van der Waals surface area (Å²) in [6.07, 6.45) is 14.4. The molecular formula is C19H32O3. The highest BCUT2D eigenvalue weighted by Gasteiger charge is 2.02. The van der Waals surface area contributed by atoms with Crippen LogP contribution in [-0.4, -0.2) is 16.8 Å². The summed E-state index contributed by atoms with van der Waals surface area (Å²) in [5.41, 5.74) is 0. The topological polar surface area (TPSA) is 49.7 Å². The molecule has 1 rings (SSSR count). The molecule has 0 aliphatic rings. The average Bonchev–Trinajstić information content (AvgIpc) is 2.50. The minimum atomic E-state index is 0.00285. The molecule has 0 amide bonds. The highest BCUT2D eigenvalue weighted by atomic mass is 16.5. The maximum absolute atomic E-state index is 9.58. The molecule has 2 N–H and O–H groups in total. The first-order valence-electron chi connectivity index (χ1n) is 8.89. The Balaban J connectivity index is 1.89. The number of unbranched alkanes of at least 4 members (excludes halogenated alkanes) is 10. The summed E-state index contributed by atoms with van der Waals surface area (Å²) in [6.45, 7) is 2.88. The molecule has 1 aromatic carbocycles. The molecule has 0 saturated heterocycles. The lowest BCUT2D eigenvalue weighted by Crippen LogP contribution is -1.97. The average molecular weight is 308 g/mol. The Morgan fingerprint density at radius 2 is 1.32 bits per heavy atom. The fourth-order valence-corrected chi connectivity index (χ4v) is 2.58. The summed E-state index contributed by atoms with van der Waals surface area (Å²) in [4.78, 5) is 0. The Morgan fingerprint density at radius 1 is 0.773 bits per heavy atom. The zero-order valence-electron chi connectivity index (χ0n) is 14.0. The first-order chi connectivity index (χ1) is 10.7.